The number of hydrogen-bond acceptors (Lipinski definition) is 3. The van der Waals surface area contributed by atoms with Gasteiger partial charge in [0.15, 0.2) is 0 Å². The zero-order chi connectivity index (χ0) is 18.2. The molecular formula is C19H19ClFNO3. The van der Waals surface area contributed by atoms with Crippen molar-refractivity contribution in [3.8, 4) is 11.5 Å². The third kappa shape index (κ3) is 5.50. The van der Waals surface area contributed by atoms with Gasteiger partial charge < -0.3 is 14.4 Å². The van der Waals surface area contributed by atoms with Crippen LogP contribution < -0.4 is 9.47 Å². The molecule has 0 radical (unpaired) electrons. The van der Waals surface area contributed by atoms with Crippen LogP contribution >= 0.6 is 11.6 Å². The average Bonchev–Trinajstić information content (AvgIpc) is 2.61. The Balaban J connectivity index is 1.84. The SMILES string of the molecule is COc1ccc(OCCN(C)C(=O)/C=C/c2c(F)cccc2Cl)cc1. The lowest BCUT2D eigenvalue weighted by atomic mass is 10.2. The fourth-order valence-electron chi connectivity index (χ4n) is 2.03. The Hall–Kier alpha value is -2.53. The van der Waals surface area contributed by atoms with Crippen LogP contribution in [-0.2, 0) is 4.79 Å². The van der Waals surface area contributed by atoms with E-state index in [9.17, 15) is 9.18 Å². The Morgan fingerprint density at radius 1 is 1.20 bits per heavy atom. The molecular weight excluding hydrogens is 345 g/mol. The first-order chi connectivity index (χ1) is 12.0. The minimum atomic E-state index is -0.470. The summed E-state index contributed by atoms with van der Waals surface area (Å²) in [6.07, 6.45) is 2.67. The molecule has 0 aliphatic heterocycles. The summed E-state index contributed by atoms with van der Waals surface area (Å²) in [5.74, 6) is 0.701. The summed E-state index contributed by atoms with van der Waals surface area (Å²) in [7, 11) is 3.24. The number of nitrogens with zero attached hydrogens (tertiary/aromatic N) is 1. The molecule has 6 heteroatoms. The van der Waals surface area contributed by atoms with Crippen LogP contribution in [0.1, 0.15) is 5.56 Å². The van der Waals surface area contributed by atoms with Crippen LogP contribution in [0.5, 0.6) is 11.5 Å². The molecule has 0 aliphatic rings. The van der Waals surface area contributed by atoms with Gasteiger partial charge in [0.2, 0.25) is 5.91 Å². The standard InChI is InChI=1S/C19H19ClFNO3/c1-22(12-13-25-15-8-6-14(24-2)7-9-15)19(23)11-10-16-17(20)4-3-5-18(16)21/h3-11H,12-13H2,1-2H3/b11-10+. The number of benzene rings is 2. The van der Waals surface area contributed by atoms with E-state index in [1.165, 1.54) is 29.2 Å². The van der Waals surface area contributed by atoms with E-state index in [0.717, 1.165) is 5.75 Å². The van der Waals surface area contributed by atoms with Crippen LogP contribution in [0.3, 0.4) is 0 Å². The van der Waals surface area contributed by atoms with Gasteiger partial charge in [-0.05, 0) is 42.5 Å². The van der Waals surface area contributed by atoms with Crippen LogP contribution in [0.4, 0.5) is 4.39 Å². The lowest BCUT2D eigenvalue weighted by Gasteiger charge is -2.15. The van der Waals surface area contributed by atoms with Crippen molar-refractivity contribution >= 4 is 23.6 Å². The van der Waals surface area contributed by atoms with Crippen LogP contribution in [0.2, 0.25) is 5.02 Å². The zero-order valence-corrected chi connectivity index (χ0v) is 14.8. The maximum absolute atomic E-state index is 13.7. The lowest BCUT2D eigenvalue weighted by molar-refractivity contribution is -0.125. The van der Waals surface area contributed by atoms with Crippen molar-refractivity contribution in [1.29, 1.82) is 0 Å². The van der Waals surface area contributed by atoms with Gasteiger partial charge >= 0.3 is 0 Å². The number of ether oxygens (including phenoxy) is 2. The average molecular weight is 364 g/mol. The minimum Gasteiger partial charge on any atom is -0.497 e. The van der Waals surface area contributed by atoms with Gasteiger partial charge in [-0.3, -0.25) is 4.79 Å². The first-order valence-electron chi connectivity index (χ1n) is 7.65. The first-order valence-corrected chi connectivity index (χ1v) is 8.03. The van der Waals surface area contributed by atoms with E-state index >= 15 is 0 Å². The Labute approximate surface area is 151 Å². The van der Waals surface area contributed by atoms with Crippen LogP contribution in [0, 0.1) is 5.82 Å². The topological polar surface area (TPSA) is 38.8 Å². The van der Waals surface area contributed by atoms with Crippen LogP contribution in [0.25, 0.3) is 6.08 Å². The summed E-state index contributed by atoms with van der Waals surface area (Å²) >= 11 is 5.92. The van der Waals surface area contributed by atoms with Gasteiger partial charge in [0.05, 0.1) is 18.7 Å². The summed E-state index contributed by atoms with van der Waals surface area (Å²) in [6.45, 7) is 0.725. The number of carbonyl (C=O) groups is 1. The molecule has 1 amide bonds. The van der Waals surface area contributed by atoms with Gasteiger partial charge in [-0.15, -0.1) is 0 Å². The molecule has 0 bridgehead atoms. The van der Waals surface area contributed by atoms with Gasteiger partial charge in [-0.2, -0.15) is 0 Å². The molecule has 0 aliphatic carbocycles. The normalized spacial score (nSPS) is 10.7. The highest BCUT2D eigenvalue weighted by molar-refractivity contribution is 6.32. The molecule has 0 N–H and O–H groups in total. The van der Waals surface area contributed by atoms with Crippen LogP contribution in [-0.4, -0.2) is 38.1 Å². The Bertz CT molecular complexity index is 727. The molecule has 0 spiro atoms. The Kier molecular flexibility index (Phi) is 6.83. The molecule has 2 rings (SSSR count). The zero-order valence-electron chi connectivity index (χ0n) is 14.0. The number of methoxy groups -OCH3 is 1. The molecule has 4 nitrogen and oxygen atoms in total. The predicted molar refractivity (Wildman–Crippen MR) is 96.6 cm³/mol. The van der Waals surface area contributed by atoms with Crippen molar-refractivity contribution in [3.05, 3.63) is 64.9 Å². The van der Waals surface area contributed by atoms with Crippen molar-refractivity contribution in [3.63, 3.8) is 0 Å². The van der Waals surface area contributed by atoms with E-state index in [2.05, 4.69) is 0 Å². The third-order valence-electron chi connectivity index (χ3n) is 3.52. The van der Waals surface area contributed by atoms with Gasteiger partial charge in [0.25, 0.3) is 0 Å². The number of likely N-dealkylation sites (N-methyl/N-ethyl adjacent to an activating group) is 1. The Morgan fingerprint density at radius 2 is 1.88 bits per heavy atom. The van der Waals surface area contributed by atoms with Crippen molar-refractivity contribution in [2.45, 2.75) is 0 Å². The second kappa shape index (κ2) is 9.08. The second-order valence-corrected chi connectivity index (χ2v) is 5.66. The van der Waals surface area contributed by atoms with Crippen molar-refractivity contribution in [2.24, 2.45) is 0 Å². The van der Waals surface area contributed by atoms with Crippen molar-refractivity contribution in [2.75, 3.05) is 27.3 Å². The maximum atomic E-state index is 13.7. The summed E-state index contributed by atoms with van der Waals surface area (Å²) in [6, 6.07) is 11.6. The number of carbonyl (C=O) groups excluding carboxylic acids is 1. The second-order valence-electron chi connectivity index (χ2n) is 5.25. The quantitative estimate of drug-likeness (QED) is 0.697. The van der Waals surface area contributed by atoms with E-state index in [4.69, 9.17) is 21.1 Å². The molecule has 2 aromatic rings. The van der Waals surface area contributed by atoms with Gasteiger partial charge in [0.1, 0.15) is 23.9 Å². The molecule has 0 heterocycles. The van der Waals surface area contributed by atoms with Gasteiger partial charge in [-0.25, -0.2) is 4.39 Å². The highest BCUT2D eigenvalue weighted by Gasteiger charge is 2.07. The molecule has 0 aromatic heterocycles. The minimum absolute atomic E-state index is 0.195. The molecule has 0 saturated carbocycles. The predicted octanol–water partition coefficient (Wildman–Crippen LogP) is 4.04. The number of rotatable bonds is 7. The largest absolute Gasteiger partial charge is 0.497 e. The third-order valence-corrected chi connectivity index (χ3v) is 3.85. The van der Waals surface area contributed by atoms with Gasteiger partial charge in [0, 0.05) is 18.7 Å². The number of halogens is 2. The molecule has 132 valence electrons. The first kappa shape index (κ1) is 18.8. The summed E-state index contributed by atoms with van der Waals surface area (Å²) in [5, 5.41) is 0.259. The highest BCUT2D eigenvalue weighted by Crippen LogP contribution is 2.20. The molecule has 0 fully saturated rings. The molecule has 25 heavy (non-hydrogen) atoms. The number of hydrogen-bond donors (Lipinski definition) is 0. The monoisotopic (exact) mass is 363 g/mol. The molecule has 2 aromatic carbocycles. The van der Waals surface area contributed by atoms with Crippen molar-refractivity contribution < 1.29 is 18.7 Å². The molecule has 0 saturated heterocycles. The Morgan fingerprint density at radius 3 is 2.52 bits per heavy atom. The lowest BCUT2D eigenvalue weighted by Crippen LogP contribution is -2.29. The summed E-state index contributed by atoms with van der Waals surface area (Å²) in [4.78, 5) is 13.5. The summed E-state index contributed by atoms with van der Waals surface area (Å²) in [5.41, 5.74) is 0.195. The fourth-order valence-corrected chi connectivity index (χ4v) is 2.26. The molecule has 0 atom stereocenters. The van der Waals surface area contributed by atoms with Crippen molar-refractivity contribution in [1.82, 2.24) is 4.90 Å². The summed E-state index contributed by atoms with van der Waals surface area (Å²) < 4.78 is 24.3. The van der Waals surface area contributed by atoms with E-state index in [1.54, 1.807) is 44.5 Å². The van der Waals surface area contributed by atoms with E-state index in [0.29, 0.717) is 18.9 Å². The highest BCUT2D eigenvalue weighted by atomic mass is 35.5. The smallest absolute Gasteiger partial charge is 0.246 e. The maximum Gasteiger partial charge on any atom is 0.246 e. The van der Waals surface area contributed by atoms with E-state index in [-0.39, 0.29) is 16.5 Å². The number of amides is 1. The van der Waals surface area contributed by atoms with Crippen LogP contribution in [0.15, 0.2) is 48.5 Å². The fraction of sp³-hybridized carbons (Fsp3) is 0.211. The van der Waals surface area contributed by atoms with E-state index in [1.807, 2.05) is 0 Å². The van der Waals surface area contributed by atoms with E-state index < -0.39 is 5.82 Å². The molecule has 0 unspecified atom stereocenters. The van der Waals surface area contributed by atoms with Gasteiger partial charge in [-0.1, -0.05) is 17.7 Å².